The van der Waals surface area contributed by atoms with Crippen LogP contribution in [0, 0.1) is 5.92 Å². The van der Waals surface area contributed by atoms with Crippen molar-refractivity contribution in [2.75, 3.05) is 0 Å². The number of hydrogen-bond acceptors (Lipinski definition) is 2. The van der Waals surface area contributed by atoms with Gasteiger partial charge in [-0.2, -0.15) is 0 Å². The lowest BCUT2D eigenvalue weighted by molar-refractivity contribution is -0.151. The van der Waals surface area contributed by atoms with Crippen LogP contribution in [0.1, 0.15) is 31.7 Å². The van der Waals surface area contributed by atoms with Crippen molar-refractivity contribution in [3.8, 4) is 0 Å². The molecule has 1 aliphatic carbocycles. The molecule has 1 aliphatic heterocycles. The molecule has 21 heavy (non-hydrogen) atoms. The van der Waals surface area contributed by atoms with E-state index in [-0.39, 0.29) is 17.9 Å². The van der Waals surface area contributed by atoms with Crippen LogP contribution >= 0.6 is 11.6 Å². The molecule has 0 aromatic heterocycles. The third kappa shape index (κ3) is 2.77. The molecule has 1 heterocycles. The molecule has 5 heteroatoms. The number of rotatable bonds is 4. The van der Waals surface area contributed by atoms with Gasteiger partial charge in [-0.3, -0.25) is 9.59 Å². The van der Waals surface area contributed by atoms with Crippen molar-refractivity contribution in [3.63, 3.8) is 0 Å². The topological polar surface area (TPSA) is 49.4 Å². The first kappa shape index (κ1) is 14.4. The molecule has 1 N–H and O–H groups in total. The number of amides is 2. The highest BCUT2D eigenvalue weighted by atomic mass is 35.5. The van der Waals surface area contributed by atoms with E-state index in [0.29, 0.717) is 23.9 Å². The van der Waals surface area contributed by atoms with Crippen molar-refractivity contribution in [3.05, 3.63) is 34.9 Å². The Labute approximate surface area is 129 Å². The molecule has 0 spiro atoms. The van der Waals surface area contributed by atoms with Gasteiger partial charge in [0.05, 0.1) is 0 Å². The SMILES string of the molecule is CCC1NC(=O)C(C2CC2)N(Cc2ccccc2Cl)C1=O. The average molecular weight is 307 g/mol. The molecule has 1 aromatic carbocycles. The smallest absolute Gasteiger partial charge is 0.246 e. The summed E-state index contributed by atoms with van der Waals surface area (Å²) in [6, 6.07) is 6.75. The molecular weight excluding hydrogens is 288 g/mol. The summed E-state index contributed by atoms with van der Waals surface area (Å²) in [5.74, 6) is 0.291. The quantitative estimate of drug-likeness (QED) is 0.928. The normalized spacial score (nSPS) is 25.9. The molecule has 1 saturated heterocycles. The molecule has 112 valence electrons. The van der Waals surface area contributed by atoms with E-state index < -0.39 is 6.04 Å². The van der Waals surface area contributed by atoms with Gasteiger partial charge in [0, 0.05) is 11.6 Å². The zero-order valence-electron chi connectivity index (χ0n) is 12.0. The van der Waals surface area contributed by atoms with E-state index in [1.165, 1.54) is 0 Å². The summed E-state index contributed by atoms with van der Waals surface area (Å²) in [4.78, 5) is 26.7. The van der Waals surface area contributed by atoms with Crippen LogP contribution in [0.2, 0.25) is 5.02 Å². The lowest BCUT2D eigenvalue weighted by Crippen LogP contribution is -2.63. The highest BCUT2D eigenvalue weighted by molar-refractivity contribution is 6.31. The van der Waals surface area contributed by atoms with E-state index in [0.717, 1.165) is 18.4 Å². The van der Waals surface area contributed by atoms with Crippen LogP contribution in [0.3, 0.4) is 0 Å². The Hall–Kier alpha value is -1.55. The fourth-order valence-corrected chi connectivity index (χ4v) is 3.14. The molecule has 2 fully saturated rings. The molecule has 0 bridgehead atoms. The van der Waals surface area contributed by atoms with Crippen molar-refractivity contribution < 1.29 is 9.59 Å². The Morgan fingerprint density at radius 3 is 2.62 bits per heavy atom. The predicted molar refractivity (Wildman–Crippen MR) is 80.7 cm³/mol. The minimum absolute atomic E-state index is 0.00826. The average Bonchev–Trinajstić information content (AvgIpc) is 3.29. The van der Waals surface area contributed by atoms with Crippen LogP contribution in [0.5, 0.6) is 0 Å². The van der Waals surface area contributed by atoms with E-state index in [9.17, 15) is 9.59 Å². The molecule has 3 rings (SSSR count). The second-order valence-electron chi connectivity index (χ2n) is 5.81. The monoisotopic (exact) mass is 306 g/mol. The molecule has 2 atom stereocenters. The van der Waals surface area contributed by atoms with Gasteiger partial charge < -0.3 is 10.2 Å². The molecule has 2 aliphatic rings. The maximum absolute atomic E-state index is 12.6. The zero-order chi connectivity index (χ0) is 15.0. The summed E-state index contributed by atoms with van der Waals surface area (Å²) in [7, 11) is 0. The summed E-state index contributed by atoms with van der Waals surface area (Å²) in [5, 5.41) is 3.49. The second kappa shape index (κ2) is 5.68. The van der Waals surface area contributed by atoms with E-state index in [4.69, 9.17) is 11.6 Å². The van der Waals surface area contributed by atoms with Gasteiger partial charge >= 0.3 is 0 Å². The van der Waals surface area contributed by atoms with Crippen LogP contribution < -0.4 is 5.32 Å². The highest BCUT2D eigenvalue weighted by Crippen LogP contribution is 2.38. The zero-order valence-corrected chi connectivity index (χ0v) is 12.8. The highest BCUT2D eigenvalue weighted by Gasteiger charge is 2.47. The van der Waals surface area contributed by atoms with Gasteiger partial charge in [-0.1, -0.05) is 36.7 Å². The summed E-state index contributed by atoms with van der Waals surface area (Å²) in [6.45, 7) is 2.32. The van der Waals surface area contributed by atoms with Gasteiger partial charge in [-0.05, 0) is 36.8 Å². The largest absolute Gasteiger partial charge is 0.343 e. The van der Waals surface area contributed by atoms with Crippen molar-refractivity contribution in [2.24, 2.45) is 5.92 Å². The molecular formula is C16H19ClN2O2. The first-order valence-corrected chi connectivity index (χ1v) is 7.84. The van der Waals surface area contributed by atoms with Crippen molar-refractivity contribution in [2.45, 2.75) is 44.8 Å². The molecule has 1 aromatic rings. The van der Waals surface area contributed by atoms with Crippen LogP contribution in [-0.2, 0) is 16.1 Å². The van der Waals surface area contributed by atoms with Gasteiger partial charge in [-0.15, -0.1) is 0 Å². The van der Waals surface area contributed by atoms with Gasteiger partial charge in [0.15, 0.2) is 0 Å². The van der Waals surface area contributed by atoms with Crippen molar-refractivity contribution in [1.82, 2.24) is 10.2 Å². The molecule has 2 unspecified atom stereocenters. The predicted octanol–water partition coefficient (Wildman–Crippen LogP) is 2.36. The van der Waals surface area contributed by atoms with Crippen molar-refractivity contribution >= 4 is 23.4 Å². The van der Waals surface area contributed by atoms with Gasteiger partial charge in [0.25, 0.3) is 0 Å². The molecule has 2 amide bonds. The number of hydrogen-bond donors (Lipinski definition) is 1. The van der Waals surface area contributed by atoms with E-state index in [1.807, 2.05) is 31.2 Å². The fraction of sp³-hybridized carbons (Fsp3) is 0.500. The summed E-state index contributed by atoms with van der Waals surface area (Å²) in [5.41, 5.74) is 0.891. The molecule has 1 saturated carbocycles. The Balaban J connectivity index is 1.89. The third-order valence-electron chi connectivity index (χ3n) is 4.28. The Morgan fingerprint density at radius 1 is 1.29 bits per heavy atom. The summed E-state index contributed by atoms with van der Waals surface area (Å²) in [6.07, 6.45) is 2.64. The van der Waals surface area contributed by atoms with E-state index in [1.54, 1.807) is 4.90 Å². The van der Waals surface area contributed by atoms with Gasteiger partial charge in [0.2, 0.25) is 11.8 Å². The van der Waals surface area contributed by atoms with E-state index in [2.05, 4.69) is 5.32 Å². The van der Waals surface area contributed by atoms with Gasteiger partial charge in [0.1, 0.15) is 12.1 Å². The maximum Gasteiger partial charge on any atom is 0.246 e. The van der Waals surface area contributed by atoms with Gasteiger partial charge in [-0.25, -0.2) is 0 Å². The molecule has 0 radical (unpaired) electrons. The first-order chi connectivity index (χ1) is 10.1. The number of piperazine rings is 1. The first-order valence-electron chi connectivity index (χ1n) is 7.46. The lowest BCUT2D eigenvalue weighted by atomic mass is 10.0. The van der Waals surface area contributed by atoms with Crippen LogP contribution in [-0.4, -0.2) is 28.8 Å². The lowest BCUT2D eigenvalue weighted by Gasteiger charge is -2.39. The standard InChI is InChI=1S/C16H19ClN2O2/c1-2-13-16(21)19(9-11-5-3-4-6-12(11)17)14(10-7-8-10)15(20)18-13/h3-6,10,13-14H,2,7-9H2,1H3,(H,18,20). The minimum atomic E-state index is -0.407. The second-order valence-corrected chi connectivity index (χ2v) is 6.22. The van der Waals surface area contributed by atoms with Crippen molar-refractivity contribution in [1.29, 1.82) is 0 Å². The third-order valence-corrected chi connectivity index (χ3v) is 4.65. The number of carbonyl (C=O) groups excluding carboxylic acids is 2. The maximum atomic E-state index is 12.6. The summed E-state index contributed by atoms with van der Waals surface area (Å²) >= 11 is 6.20. The Bertz CT molecular complexity index is 571. The number of benzene rings is 1. The van der Waals surface area contributed by atoms with Crippen LogP contribution in [0.25, 0.3) is 0 Å². The van der Waals surface area contributed by atoms with Crippen LogP contribution in [0.4, 0.5) is 0 Å². The number of nitrogens with one attached hydrogen (secondary N) is 1. The molecule has 4 nitrogen and oxygen atoms in total. The number of halogens is 1. The minimum Gasteiger partial charge on any atom is -0.343 e. The van der Waals surface area contributed by atoms with Crippen LogP contribution in [0.15, 0.2) is 24.3 Å². The summed E-state index contributed by atoms with van der Waals surface area (Å²) < 4.78 is 0. The fourth-order valence-electron chi connectivity index (χ4n) is 2.94. The Kier molecular flexibility index (Phi) is 3.89. The number of carbonyl (C=O) groups is 2. The van der Waals surface area contributed by atoms with E-state index >= 15 is 0 Å². The Morgan fingerprint density at radius 2 is 2.00 bits per heavy atom. The number of nitrogens with zero attached hydrogens (tertiary/aromatic N) is 1.